The zero-order chi connectivity index (χ0) is 14.9. The summed E-state index contributed by atoms with van der Waals surface area (Å²) in [5, 5.41) is 9.85. The molecule has 0 spiro atoms. The van der Waals surface area contributed by atoms with E-state index in [-0.39, 0.29) is 17.1 Å². The van der Waals surface area contributed by atoms with Crippen LogP contribution < -0.4 is 0 Å². The third-order valence-electron chi connectivity index (χ3n) is 3.65. The molecule has 1 aromatic carbocycles. The van der Waals surface area contributed by atoms with Crippen molar-refractivity contribution >= 4 is 28.5 Å². The predicted molar refractivity (Wildman–Crippen MR) is 88.9 cm³/mol. The van der Waals surface area contributed by atoms with Gasteiger partial charge in [0, 0.05) is 16.7 Å². The number of hydrogen-bond donors (Lipinski definition) is 1. The largest absolute Gasteiger partial charge is 0.507 e. The highest BCUT2D eigenvalue weighted by Crippen LogP contribution is 2.31. The first-order valence-electron chi connectivity index (χ1n) is 6.76. The van der Waals surface area contributed by atoms with E-state index in [1.165, 1.54) is 5.57 Å². The third kappa shape index (κ3) is 3.34. The average Bonchev–Trinajstić information content (AvgIpc) is 2.40. The summed E-state index contributed by atoms with van der Waals surface area (Å²) in [7, 11) is 0. The van der Waals surface area contributed by atoms with E-state index in [1.54, 1.807) is 23.1 Å². The Balaban J connectivity index is 2.17. The monoisotopic (exact) mass is 385 g/mol. The molecule has 0 fully saturated rings. The molecular weight excluding hydrogens is 365 g/mol. The highest BCUT2D eigenvalue weighted by atomic mass is 127. The number of phenols is 1. The van der Waals surface area contributed by atoms with Crippen LogP contribution in [0, 0.1) is 8.99 Å². The minimum Gasteiger partial charge on any atom is -0.507 e. The Morgan fingerprint density at radius 1 is 1.35 bits per heavy atom. The van der Waals surface area contributed by atoms with E-state index in [1.807, 2.05) is 0 Å². The molecule has 108 valence electrons. The lowest BCUT2D eigenvalue weighted by Crippen LogP contribution is -2.36. The molecule has 1 heterocycles. The average molecular weight is 385 g/mol. The Kier molecular flexibility index (Phi) is 4.42. The number of phenolic OH excluding ortho intramolecular Hbond substituents is 1. The number of carbonyl (C=O) groups is 1. The fourth-order valence-corrected chi connectivity index (χ4v) is 2.88. The van der Waals surface area contributed by atoms with Crippen molar-refractivity contribution in [2.45, 2.75) is 27.2 Å². The molecule has 0 unspecified atom stereocenters. The van der Waals surface area contributed by atoms with E-state index in [2.05, 4.69) is 49.4 Å². The van der Waals surface area contributed by atoms with Crippen molar-refractivity contribution in [1.29, 1.82) is 0 Å². The molecular formula is C16H20INO2. The molecule has 0 radical (unpaired) electrons. The zero-order valence-electron chi connectivity index (χ0n) is 12.1. The zero-order valence-corrected chi connectivity index (χ0v) is 14.3. The second-order valence-electron chi connectivity index (χ2n) is 6.14. The summed E-state index contributed by atoms with van der Waals surface area (Å²) in [5.41, 5.74) is 1.96. The van der Waals surface area contributed by atoms with Crippen LogP contribution in [0.25, 0.3) is 0 Å². The molecule has 1 aliphatic heterocycles. The molecule has 4 heteroatoms. The van der Waals surface area contributed by atoms with Crippen LogP contribution in [0.1, 0.15) is 37.6 Å². The molecule has 1 aromatic rings. The second-order valence-corrected chi connectivity index (χ2v) is 7.39. The van der Waals surface area contributed by atoms with Crippen LogP contribution in [0.15, 0.2) is 29.8 Å². The molecule has 0 aliphatic carbocycles. The molecule has 0 atom stereocenters. The van der Waals surface area contributed by atoms with Gasteiger partial charge in [0.1, 0.15) is 5.75 Å². The highest BCUT2D eigenvalue weighted by molar-refractivity contribution is 14.1. The number of benzene rings is 1. The first kappa shape index (κ1) is 15.4. The summed E-state index contributed by atoms with van der Waals surface area (Å²) < 4.78 is 0.951. The minimum absolute atomic E-state index is 0.0565. The Labute approximate surface area is 133 Å². The van der Waals surface area contributed by atoms with Crippen molar-refractivity contribution in [3.05, 3.63) is 39.0 Å². The summed E-state index contributed by atoms with van der Waals surface area (Å²) >= 11 is 2.15. The number of aromatic hydroxyl groups is 1. The maximum atomic E-state index is 12.5. The third-order valence-corrected chi connectivity index (χ3v) is 4.32. The van der Waals surface area contributed by atoms with E-state index in [0.717, 1.165) is 9.99 Å². The molecule has 1 N–H and O–H groups in total. The van der Waals surface area contributed by atoms with Crippen molar-refractivity contribution in [3.8, 4) is 5.75 Å². The topological polar surface area (TPSA) is 40.5 Å². The van der Waals surface area contributed by atoms with E-state index in [0.29, 0.717) is 18.7 Å². The van der Waals surface area contributed by atoms with Crippen molar-refractivity contribution in [3.63, 3.8) is 0 Å². The highest BCUT2D eigenvalue weighted by Gasteiger charge is 2.25. The number of carbonyl (C=O) groups excluding carboxylic acids is 1. The molecule has 0 aromatic heterocycles. The van der Waals surface area contributed by atoms with Gasteiger partial charge < -0.3 is 10.0 Å². The molecule has 2 rings (SSSR count). The predicted octanol–water partition coefficient (Wildman–Crippen LogP) is 3.82. The number of hydrogen-bond acceptors (Lipinski definition) is 2. The molecule has 20 heavy (non-hydrogen) atoms. The van der Waals surface area contributed by atoms with E-state index in [9.17, 15) is 9.90 Å². The van der Waals surface area contributed by atoms with Gasteiger partial charge in [0.25, 0.3) is 5.91 Å². The van der Waals surface area contributed by atoms with Gasteiger partial charge in [0.15, 0.2) is 0 Å². The molecule has 0 saturated heterocycles. The number of rotatable bonds is 1. The van der Waals surface area contributed by atoms with Crippen molar-refractivity contribution in [2.75, 3.05) is 13.1 Å². The van der Waals surface area contributed by atoms with Gasteiger partial charge in [-0.25, -0.2) is 0 Å². The molecule has 1 amide bonds. The van der Waals surface area contributed by atoms with Gasteiger partial charge in [0.2, 0.25) is 0 Å². The fourth-order valence-electron chi connectivity index (χ4n) is 2.38. The van der Waals surface area contributed by atoms with Crippen molar-refractivity contribution in [2.24, 2.45) is 5.41 Å². The fraction of sp³-hybridized carbons (Fsp3) is 0.438. The summed E-state index contributed by atoms with van der Waals surface area (Å²) in [6.07, 6.45) is 3.05. The van der Waals surface area contributed by atoms with Gasteiger partial charge in [-0.1, -0.05) is 32.4 Å². The Bertz CT molecular complexity index is 558. The van der Waals surface area contributed by atoms with Gasteiger partial charge in [-0.2, -0.15) is 0 Å². The molecule has 3 nitrogen and oxygen atoms in total. The Morgan fingerprint density at radius 2 is 2.05 bits per heavy atom. The van der Waals surface area contributed by atoms with Crippen LogP contribution in [0.3, 0.4) is 0 Å². The SMILES string of the molecule is CC(C)(C)C1=CCN(C(=O)c2cc(I)ccc2O)CC1. The maximum Gasteiger partial charge on any atom is 0.257 e. The van der Waals surface area contributed by atoms with Gasteiger partial charge in [-0.05, 0) is 52.6 Å². The first-order valence-corrected chi connectivity index (χ1v) is 7.84. The van der Waals surface area contributed by atoms with E-state index < -0.39 is 0 Å². The second kappa shape index (κ2) is 5.76. The van der Waals surface area contributed by atoms with Crippen LogP contribution in [-0.2, 0) is 0 Å². The number of nitrogens with zero attached hydrogens (tertiary/aromatic N) is 1. The number of halogens is 1. The lowest BCUT2D eigenvalue weighted by Gasteiger charge is -2.32. The van der Waals surface area contributed by atoms with Crippen LogP contribution in [0.4, 0.5) is 0 Å². The Hall–Kier alpha value is -1.04. The lowest BCUT2D eigenvalue weighted by atomic mass is 9.83. The lowest BCUT2D eigenvalue weighted by molar-refractivity contribution is 0.0762. The van der Waals surface area contributed by atoms with Crippen LogP contribution >= 0.6 is 22.6 Å². The van der Waals surface area contributed by atoms with Crippen molar-refractivity contribution in [1.82, 2.24) is 4.90 Å². The normalized spacial score (nSPS) is 16.0. The van der Waals surface area contributed by atoms with E-state index in [4.69, 9.17) is 0 Å². The van der Waals surface area contributed by atoms with Crippen LogP contribution in [0.2, 0.25) is 0 Å². The van der Waals surface area contributed by atoms with Gasteiger partial charge in [-0.15, -0.1) is 0 Å². The van der Waals surface area contributed by atoms with Crippen LogP contribution in [0.5, 0.6) is 5.75 Å². The molecule has 0 saturated carbocycles. The van der Waals surface area contributed by atoms with Gasteiger partial charge in [0.05, 0.1) is 5.56 Å². The summed E-state index contributed by atoms with van der Waals surface area (Å²) in [6, 6.07) is 5.11. The van der Waals surface area contributed by atoms with Gasteiger partial charge in [-0.3, -0.25) is 4.79 Å². The van der Waals surface area contributed by atoms with E-state index >= 15 is 0 Å². The first-order chi connectivity index (χ1) is 9.29. The summed E-state index contributed by atoms with van der Waals surface area (Å²) in [6.45, 7) is 7.92. The molecule has 1 aliphatic rings. The number of amides is 1. The summed E-state index contributed by atoms with van der Waals surface area (Å²) in [4.78, 5) is 14.3. The minimum atomic E-state index is -0.0924. The Morgan fingerprint density at radius 3 is 2.60 bits per heavy atom. The maximum absolute atomic E-state index is 12.5. The van der Waals surface area contributed by atoms with Crippen molar-refractivity contribution < 1.29 is 9.90 Å². The molecule has 0 bridgehead atoms. The smallest absolute Gasteiger partial charge is 0.257 e. The summed E-state index contributed by atoms with van der Waals surface area (Å²) in [5.74, 6) is -0.0359. The van der Waals surface area contributed by atoms with Gasteiger partial charge >= 0.3 is 0 Å². The standard InChI is InChI=1S/C16H20INO2/c1-16(2,3)11-6-8-18(9-7-11)15(20)13-10-12(17)4-5-14(13)19/h4-6,10,19H,7-9H2,1-3H3. The quantitative estimate of drug-likeness (QED) is 0.590. The van der Waals surface area contributed by atoms with Crippen LogP contribution in [-0.4, -0.2) is 29.0 Å².